The molecule has 0 unspecified atom stereocenters. The number of carbonyl (C=O) groups excluding carboxylic acids is 2. The van der Waals surface area contributed by atoms with Crippen molar-refractivity contribution in [2.45, 2.75) is 25.0 Å². The minimum Gasteiger partial charge on any atom is -0.356 e. The van der Waals surface area contributed by atoms with Crippen LogP contribution in [0.3, 0.4) is 0 Å². The van der Waals surface area contributed by atoms with Gasteiger partial charge in [-0.2, -0.15) is 0 Å². The van der Waals surface area contributed by atoms with Crippen molar-refractivity contribution in [1.29, 1.82) is 0 Å². The quantitative estimate of drug-likeness (QED) is 0.487. The minimum atomic E-state index is -0.603. The number of nitrogens with zero attached hydrogens (tertiary/aromatic N) is 1. The molecule has 1 aromatic heterocycles. The van der Waals surface area contributed by atoms with Gasteiger partial charge in [0, 0.05) is 40.1 Å². The molecule has 0 bridgehead atoms. The van der Waals surface area contributed by atoms with Gasteiger partial charge in [0.25, 0.3) is 5.91 Å². The summed E-state index contributed by atoms with van der Waals surface area (Å²) in [6.07, 6.45) is 0.462. The van der Waals surface area contributed by atoms with Crippen LogP contribution in [0.25, 0.3) is 10.9 Å². The molecular weight excluding hydrogens is 422 g/mol. The van der Waals surface area contributed by atoms with Crippen LogP contribution in [-0.4, -0.2) is 27.7 Å². The molecule has 6 heteroatoms. The number of para-hydroxylation sites is 1. The van der Waals surface area contributed by atoms with Crippen LogP contribution >= 0.6 is 11.6 Å². The highest BCUT2D eigenvalue weighted by molar-refractivity contribution is 6.31. The van der Waals surface area contributed by atoms with Crippen LogP contribution < -0.4 is 5.32 Å². The van der Waals surface area contributed by atoms with E-state index in [2.05, 4.69) is 16.4 Å². The Morgan fingerprint density at radius 1 is 1.03 bits per heavy atom. The Bertz CT molecular complexity index is 1390. The molecule has 0 saturated heterocycles. The summed E-state index contributed by atoms with van der Waals surface area (Å²) in [5, 5.41) is 4.72. The topological polar surface area (TPSA) is 65.2 Å². The second-order valence-electron chi connectivity index (χ2n) is 8.29. The molecule has 0 aliphatic carbocycles. The number of rotatable bonds is 3. The number of carbonyl (C=O) groups is 2. The fraction of sp³-hybridized carbons (Fsp3) is 0.154. The van der Waals surface area contributed by atoms with Gasteiger partial charge in [-0.15, -0.1) is 0 Å². The molecule has 2 atom stereocenters. The smallest absolute Gasteiger partial charge is 0.255 e. The summed E-state index contributed by atoms with van der Waals surface area (Å²) >= 11 is 6.26. The maximum Gasteiger partial charge on any atom is 0.255 e. The average Bonchev–Trinajstić information content (AvgIpc) is 3.34. The molecule has 0 saturated carbocycles. The number of aromatic amines is 1. The summed E-state index contributed by atoms with van der Waals surface area (Å²) in [6, 6.07) is 22.3. The van der Waals surface area contributed by atoms with Gasteiger partial charge in [-0.25, -0.2) is 0 Å². The highest BCUT2D eigenvalue weighted by Crippen LogP contribution is 2.46. The van der Waals surface area contributed by atoms with Crippen molar-refractivity contribution >= 4 is 34.3 Å². The lowest BCUT2D eigenvalue weighted by Gasteiger charge is -2.37. The number of hydrogen-bond donors (Lipinski definition) is 2. The number of aromatic nitrogens is 1. The first-order valence-electron chi connectivity index (χ1n) is 10.7. The SMILES string of the molecule is O=C(NCc1ccccc1Cl)[C@H]1Cc2c([nH]c3ccccc23)[C@H]2c3ccccc3C(=O)N21. The zero-order valence-corrected chi connectivity index (χ0v) is 17.9. The van der Waals surface area contributed by atoms with Gasteiger partial charge < -0.3 is 15.2 Å². The van der Waals surface area contributed by atoms with Gasteiger partial charge >= 0.3 is 0 Å². The zero-order valence-electron chi connectivity index (χ0n) is 17.1. The maximum atomic E-state index is 13.4. The number of halogens is 1. The Labute approximate surface area is 190 Å². The zero-order chi connectivity index (χ0) is 21.8. The fourth-order valence-electron chi connectivity index (χ4n) is 5.08. The van der Waals surface area contributed by atoms with E-state index in [-0.39, 0.29) is 17.9 Å². The Balaban J connectivity index is 1.42. The molecule has 0 fully saturated rings. The van der Waals surface area contributed by atoms with E-state index in [1.165, 1.54) is 0 Å². The van der Waals surface area contributed by atoms with Crippen LogP contribution in [0.4, 0.5) is 0 Å². The van der Waals surface area contributed by atoms with Crippen molar-refractivity contribution in [2.75, 3.05) is 0 Å². The summed E-state index contributed by atoms with van der Waals surface area (Å²) in [5.41, 5.74) is 5.57. The molecule has 32 heavy (non-hydrogen) atoms. The van der Waals surface area contributed by atoms with E-state index in [4.69, 9.17) is 11.6 Å². The minimum absolute atomic E-state index is 0.104. The van der Waals surface area contributed by atoms with E-state index in [0.29, 0.717) is 23.6 Å². The first-order valence-corrected chi connectivity index (χ1v) is 11.0. The summed E-state index contributed by atoms with van der Waals surface area (Å²) in [7, 11) is 0. The molecule has 2 amide bonds. The van der Waals surface area contributed by atoms with Gasteiger partial charge in [0.2, 0.25) is 5.91 Å². The largest absolute Gasteiger partial charge is 0.356 e. The molecular formula is C26H20ClN3O2. The van der Waals surface area contributed by atoms with E-state index < -0.39 is 6.04 Å². The third-order valence-corrected chi connectivity index (χ3v) is 6.93. The lowest BCUT2D eigenvalue weighted by molar-refractivity contribution is -0.126. The molecule has 2 aliphatic heterocycles. The predicted molar refractivity (Wildman–Crippen MR) is 124 cm³/mol. The number of benzene rings is 3. The molecule has 3 heterocycles. The van der Waals surface area contributed by atoms with Crippen LogP contribution in [-0.2, 0) is 17.8 Å². The molecule has 6 rings (SSSR count). The number of hydrogen-bond acceptors (Lipinski definition) is 2. The average molecular weight is 442 g/mol. The van der Waals surface area contributed by atoms with Gasteiger partial charge in [-0.1, -0.05) is 66.2 Å². The van der Waals surface area contributed by atoms with Crippen LogP contribution in [0, 0.1) is 0 Å². The van der Waals surface area contributed by atoms with Crippen molar-refractivity contribution < 1.29 is 9.59 Å². The Hall–Kier alpha value is -3.57. The lowest BCUT2D eigenvalue weighted by Crippen LogP contribution is -2.52. The normalized spacial score (nSPS) is 18.9. The fourth-order valence-corrected chi connectivity index (χ4v) is 5.28. The molecule has 158 valence electrons. The number of H-pyrrole nitrogens is 1. The number of nitrogens with one attached hydrogen (secondary N) is 2. The Kier molecular flexibility index (Phi) is 4.33. The molecule has 0 spiro atoms. The lowest BCUT2D eigenvalue weighted by atomic mass is 9.90. The summed E-state index contributed by atoms with van der Waals surface area (Å²) in [5.74, 6) is -0.278. The van der Waals surface area contributed by atoms with Crippen LogP contribution in [0.1, 0.15) is 38.8 Å². The first-order chi connectivity index (χ1) is 15.6. The van der Waals surface area contributed by atoms with Crippen molar-refractivity contribution in [3.63, 3.8) is 0 Å². The molecule has 4 aromatic rings. The van der Waals surface area contributed by atoms with Crippen LogP contribution in [0.15, 0.2) is 72.8 Å². The summed E-state index contributed by atoms with van der Waals surface area (Å²) < 4.78 is 0. The highest BCUT2D eigenvalue weighted by atomic mass is 35.5. The van der Waals surface area contributed by atoms with E-state index in [9.17, 15) is 9.59 Å². The Morgan fingerprint density at radius 3 is 2.66 bits per heavy atom. The van der Waals surface area contributed by atoms with Gasteiger partial charge in [-0.05, 0) is 34.9 Å². The van der Waals surface area contributed by atoms with Gasteiger partial charge in [-0.3, -0.25) is 9.59 Å². The van der Waals surface area contributed by atoms with Crippen molar-refractivity contribution in [2.24, 2.45) is 0 Å². The third-order valence-electron chi connectivity index (χ3n) is 6.57. The second-order valence-corrected chi connectivity index (χ2v) is 8.70. The van der Waals surface area contributed by atoms with E-state index >= 15 is 0 Å². The second kappa shape index (κ2) is 7.24. The van der Waals surface area contributed by atoms with E-state index in [1.54, 1.807) is 11.0 Å². The number of fused-ring (bicyclic) bond motifs is 7. The van der Waals surface area contributed by atoms with Gasteiger partial charge in [0.05, 0.1) is 6.04 Å². The highest BCUT2D eigenvalue weighted by Gasteiger charge is 2.48. The molecule has 5 nitrogen and oxygen atoms in total. The first kappa shape index (κ1) is 19.1. The van der Waals surface area contributed by atoms with Gasteiger partial charge in [0.15, 0.2) is 0 Å². The van der Waals surface area contributed by atoms with Crippen LogP contribution in [0.2, 0.25) is 5.02 Å². The van der Waals surface area contributed by atoms with Crippen LogP contribution in [0.5, 0.6) is 0 Å². The molecule has 2 aliphatic rings. The van der Waals surface area contributed by atoms with Crippen molar-refractivity contribution in [3.05, 3.63) is 106 Å². The predicted octanol–water partition coefficient (Wildman–Crippen LogP) is 4.61. The molecule has 2 N–H and O–H groups in total. The Morgan fingerprint density at radius 2 is 1.78 bits per heavy atom. The van der Waals surface area contributed by atoms with Crippen molar-refractivity contribution in [1.82, 2.24) is 15.2 Å². The van der Waals surface area contributed by atoms with Crippen molar-refractivity contribution in [3.8, 4) is 0 Å². The summed E-state index contributed by atoms with van der Waals surface area (Å²) in [6.45, 7) is 0.315. The number of amides is 2. The monoisotopic (exact) mass is 441 g/mol. The molecule has 0 radical (unpaired) electrons. The molecule has 3 aromatic carbocycles. The van der Waals surface area contributed by atoms with E-state index in [0.717, 1.165) is 33.3 Å². The summed E-state index contributed by atoms with van der Waals surface area (Å²) in [4.78, 5) is 32.1. The van der Waals surface area contributed by atoms with Gasteiger partial charge in [0.1, 0.15) is 6.04 Å². The van der Waals surface area contributed by atoms with E-state index in [1.807, 2.05) is 60.7 Å². The maximum absolute atomic E-state index is 13.4. The third kappa shape index (κ3) is 2.78. The standard InChI is InChI=1S/C26H20ClN3O2/c27-20-11-5-1-7-15(20)14-28-25(31)22-13-19-16-8-4-6-12-21(16)29-23(19)24-17-9-2-3-10-18(17)26(32)30(22)24/h1-12,22,24,29H,13-14H2,(H,28,31)/t22-,24-/m1/s1.